The number of nitrogens with zero attached hydrogens (tertiary/aromatic N) is 2. The molecular weight excluding hydrogens is 238 g/mol. The Morgan fingerprint density at radius 2 is 2.36 bits per heavy atom. The van der Waals surface area contributed by atoms with Gasteiger partial charge in [-0.15, -0.1) is 0 Å². The zero-order valence-electron chi connectivity index (χ0n) is 6.94. The summed E-state index contributed by atoms with van der Waals surface area (Å²) < 4.78 is 2.68. The van der Waals surface area contributed by atoms with Gasteiger partial charge < -0.3 is 4.72 Å². The lowest BCUT2D eigenvalue weighted by molar-refractivity contribution is 1.31. The van der Waals surface area contributed by atoms with Crippen molar-refractivity contribution in [2.45, 2.75) is 0 Å². The van der Waals surface area contributed by atoms with Crippen LogP contribution in [0.15, 0.2) is 24.5 Å². The fourth-order valence-electron chi connectivity index (χ4n) is 0.983. The summed E-state index contributed by atoms with van der Waals surface area (Å²) in [5, 5.41) is 2.01. The Kier molecular flexibility index (Phi) is 2.90. The minimum Gasteiger partial charge on any atom is -0.321 e. The lowest BCUT2D eigenvalue weighted by atomic mass is 10.3. The molecule has 3 nitrogen and oxygen atoms in total. The molecule has 2 aromatic rings. The highest BCUT2D eigenvalue weighted by Gasteiger charge is 2.09. The molecular formula is C8H6ClN3S2. The molecule has 0 saturated carbocycles. The van der Waals surface area contributed by atoms with Gasteiger partial charge >= 0.3 is 0 Å². The van der Waals surface area contributed by atoms with Crippen LogP contribution in [0.1, 0.15) is 0 Å². The molecule has 0 saturated heterocycles. The summed E-state index contributed by atoms with van der Waals surface area (Å²) in [7, 11) is 0. The second-order valence-electron chi connectivity index (χ2n) is 2.49. The molecule has 0 amide bonds. The maximum atomic E-state index is 5.86. The zero-order chi connectivity index (χ0) is 9.97. The summed E-state index contributed by atoms with van der Waals surface area (Å²) >= 11 is 11.2. The van der Waals surface area contributed by atoms with E-state index in [9.17, 15) is 0 Å². The first-order chi connectivity index (χ1) is 6.81. The van der Waals surface area contributed by atoms with Crippen molar-refractivity contribution in [3.8, 4) is 10.6 Å². The van der Waals surface area contributed by atoms with E-state index in [-0.39, 0.29) is 0 Å². The molecule has 2 aromatic heterocycles. The Balaban J connectivity index is 2.43. The van der Waals surface area contributed by atoms with Crippen LogP contribution in [0.25, 0.3) is 10.6 Å². The number of hydrogen-bond acceptors (Lipinski definition) is 5. The van der Waals surface area contributed by atoms with Crippen LogP contribution >= 0.6 is 35.8 Å². The fraction of sp³-hybridized carbons (Fsp3) is 0. The van der Waals surface area contributed by atoms with Crippen molar-refractivity contribution in [1.29, 1.82) is 0 Å². The van der Waals surface area contributed by atoms with E-state index in [2.05, 4.69) is 27.5 Å². The van der Waals surface area contributed by atoms with E-state index < -0.39 is 0 Å². The van der Waals surface area contributed by atoms with E-state index in [1.165, 1.54) is 11.3 Å². The number of halogens is 1. The van der Waals surface area contributed by atoms with Gasteiger partial charge in [0.1, 0.15) is 10.0 Å². The van der Waals surface area contributed by atoms with Crippen molar-refractivity contribution in [1.82, 2.24) is 9.97 Å². The molecule has 0 aliphatic heterocycles. The highest BCUT2D eigenvalue weighted by molar-refractivity contribution is 7.82. The average Bonchev–Trinajstić information content (AvgIpc) is 2.61. The van der Waals surface area contributed by atoms with Crippen molar-refractivity contribution in [2.24, 2.45) is 0 Å². The molecule has 1 N–H and O–H groups in total. The summed E-state index contributed by atoms with van der Waals surface area (Å²) in [6.45, 7) is 0. The molecule has 0 aliphatic carbocycles. The standard InChI is InChI=1S/C8H6ClN3S2/c9-6-8(12-13)14-7(11-6)5-2-1-3-10-4-5/h1-4,12-13H. The van der Waals surface area contributed by atoms with E-state index in [1.54, 1.807) is 12.4 Å². The van der Waals surface area contributed by atoms with Crippen molar-refractivity contribution in [3.63, 3.8) is 0 Å². The number of hydrogen-bond donors (Lipinski definition) is 2. The van der Waals surface area contributed by atoms with Gasteiger partial charge in [-0.05, 0) is 12.1 Å². The summed E-state index contributed by atoms with van der Waals surface area (Å²) in [4.78, 5) is 8.19. The largest absolute Gasteiger partial charge is 0.321 e. The summed E-state index contributed by atoms with van der Waals surface area (Å²) in [6.07, 6.45) is 3.47. The molecule has 0 unspecified atom stereocenters. The number of aromatic nitrogens is 2. The molecule has 0 bridgehead atoms. The molecule has 0 aliphatic rings. The van der Waals surface area contributed by atoms with Gasteiger partial charge in [0.05, 0.1) is 0 Å². The molecule has 2 rings (SSSR count). The van der Waals surface area contributed by atoms with Crippen LogP contribution in [0.5, 0.6) is 0 Å². The molecule has 72 valence electrons. The number of anilines is 1. The van der Waals surface area contributed by atoms with Crippen molar-refractivity contribution in [2.75, 3.05) is 4.72 Å². The monoisotopic (exact) mass is 243 g/mol. The quantitative estimate of drug-likeness (QED) is 0.796. The van der Waals surface area contributed by atoms with Crippen LogP contribution in [0.3, 0.4) is 0 Å². The van der Waals surface area contributed by atoms with Crippen LogP contribution in [0.2, 0.25) is 5.15 Å². The number of pyridine rings is 1. The second-order valence-corrected chi connectivity index (χ2v) is 4.07. The maximum Gasteiger partial charge on any atom is 0.165 e. The lowest BCUT2D eigenvalue weighted by Gasteiger charge is -1.91. The first-order valence-electron chi connectivity index (χ1n) is 3.78. The van der Waals surface area contributed by atoms with Crippen LogP contribution in [0, 0.1) is 0 Å². The van der Waals surface area contributed by atoms with Crippen LogP contribution in [-0.4, -0.2) is 9.97 Å². The Morgan fingerprint density at radius 3 is 2.93 bits per heavy atom. The van der Waals surface area contributed by atoms with E-state index >= 15 is 0 Å². The molecule has 0 aromatic carbocycles. The molecule has 0 spiro atoms. The lowest BCUT2D eigenvalue weighted by Crippen LogP contribution is -1.76. The SMILES string of the molecule is SNc1sc(-c2cccnc2)nc1Cl. The molecule has 2 heterocycles. The third-order valence-corrected chi connectivity index (χ3v) is 3.38. The number of thiazole rings is 1. The molecule has 0 radical (unpaired) electrons. The predicted molar refractivity (Wildman–Crippen MR) is 63.0 cm³/mol. The minimum absolute atomic E-state index is 0.434. The topological polar surface area (TPSA) is 37.8 Å². The van der Waals surface area contributed by atoms with E-state index in [4.69, 9.17) is 11.6 Å². The predicted octanol–water partition coefficient (Wildman–Crippen LogP) is 3.12. The number of nitrogens with one attached hydrogen (secondary N) is 1. The smallest absolute Gasteiger partial charge is 0.165 e. The Bertz CT molecular complexity index is 429. The van der Waals surface area contributed by atoms with E-state index in [0.29, 0.717) is 5.15 Å². The Hall–Kier alpha value is -0.780. The van der Waals surface area contributed by atoms with Gasteiger partial charge in [-0.25, -0.2) is 4.98 Å². The molecule has 14 heavy (non-hydrogen) atoms. The van der Waals surface area contributed by atoms with Gasteiger partial charge in [0, 0.05) is 18.0 Å². The summed E-state index contributed by atoms with van der Waals surface area (Å²) in [5.41, 5.74) is 0.953. The summed E-state index contributed by atoms with van der Waals surface area (Å²) in [6, 6.07) is 3.79. The third kappa shape index (κ3) is 1.84. The van der Waals surface area contributed by atoms with E-state index in [0.717, 1.165) is 15.6 Å². The number of thiol groups is 1. The second kappa shape index (κ2) is 4.16. The molecule has 6 heteroatoms. The Morgan fingerprint density at radius 1 is 1.50 bits per heavy atom. The Labute approximate surface area is 95.7 Å². The van der Waals surface area contributed by atoms with Gasteiger partial charge in [0.15, 0.2) is 5.15 Å². The van der Waals surface area contributed by atoms with Gasteiger partial charge in [0.2, 0.25) is 0 Å². The highest BCUT2D eigenvalue weighted by atomic mass is 35.5. The average molecular weight is 244 g/mol. The van der Waals surface area contributed by atoms with Crippen LogP contribution in [0.4, 0.5) is 5.00 Å². The highest BCUT2D eigenvalue weighted by Crippen LogP contribution is 2.34. The van der Waals surface area contributed by atoms with Gasteiger partial charge in [-0.2, -0.15) is 0 Å². The first-order valence-corrected chi connectivity index (χ1v) is 5.42. The maximum absolute atomic E-state index is 5.86. The van der Waals surface area contributed by atoms with Crippen molar-refractivity contribution >= 4 is 40.8 Å². The van der Waals surface area contributed by atoms with Gasteiger partial charge in [-0.3, -0.25) is 4.98 Å². The van der Waals surface area contributed by atoms with Crippen molar-refractivity contribution < 1.29 is 0 Å². The molecule has 0 atom stereocenters. The fourth-order valence-corrected chi connectivity index (χ4v) is 2.33. The van der Waals surface area contributed by atoms with Crippen LogP contribution < -0.4 is 4.72 Å². The minimum atomic E-state index is 0.434. The normalized spacial score (nSPS) is 10.1. The summed E-state index contributed by atoms with van der Waals surface area (Å²) in [5.74, 6) is 0. The zero-order valence-corrected chi connectivity index (χ0v) is 9.40. The van der Waals surface area contributed by atoms with Gasteiger partial charge in [-0.1, -0.05) is 35.8 Å². The van der Waals surface area contributed by atoms with Gasteiger partial charge in [0.25, 0.3) is 0 Å². The number of rotatable bonds is 2. The third-order valence-electron chi connectivity index (χ3n) is 1.60. The van der Waals surface area contributed by atoms with Crippen LogP contribution in [-0.2, 0) is 0 Å². The van der Waals surface area contributed by atoms with E-state index in [1.807, 2.05) is 12.1 Å². The van der Waals surface area contributed by atoms with Crippen molar-refractivity contribution in [3.05, 3.63) is 29.7 Å². The molecule has 0 fully saturated rings. The first kappa shape index (κ1) is 9.76.